The van der Waals surface area contributed by atoms with E-state index >= 15 is 0 Å². The minimum absolute atomic E-state index is 0.625. The summed E-state index contributed by atoms with van der Waals surface area (Å²) in [6, 6.07) is 0.625. The summed E-state index contributed by atoms with van der Waals surface area (Å²) in [6.45, 7) is 10.7. The van der Waals surface area contributed by atoms with E-state index in [0.29, 0.717) is 6.04 Å². The zero-order valence-electron chi connectivity index (χ0n) is 12.3. The molecule has 0 radical (unpaired) electrons. The van der Waals surface area contributed by atoms with Crippen molar-refractivity contribution < 1.29 is 0 Å². The van der Waals surface area contributed by atoms with E-state index in [4.69, 9.17) is 0 Å². The summed E-state index contributed by atoms with van der Waals surface area (Å²) in [5.41, 5.74) is 0. The monoisotopic (exact) mass is 228 g/mol. The van der Waals surface area contributed by atoms with Crippen LogP contribution in [0.1, 0.15) is 73.1 Å². The lowest BCUT2D eigenvalue weighted by Gasteiger charge is -2.11. The van der Waals surface area contributed by atoms with Gasteiger partial charge in [-0.25, -0.2) is 0 Å². The fraction of sp³-hybridized carbons (Fsp3) is 0.929. The van der Waals surface area contributed by atoms with Gasteiger partial charge in [-0.3, -0.25) is 5.01 Å². The van der Waals surface area contributed by atoms with E-state index < -0.39 is 0 Å². The predicted octanol–water partition coefficient (Wildman–Crippen LogP) is 4.70. The first-order valence-corrected chi connectivity index (χ1v) is 6.97. The van der Waals surface area contributed by atoms with Crippen LogP contribution in [-0.2, 0) is 0 Å². The van der Waals surface area contributed by atoms with Gasteiger partial charge < -0.3 is 0 Å². The average Bonchev–Trinajstić information content (AvgIpc) is 2.68. The van der Waals surface area contributed by atoms with Crippen LogP contribution in [-0.4, -0.2) is 24.3 Å². The molecule has 16 heavy (non-hydrogen) atoms. The van der Waals surface area contributed by atoms with Crippen LogP contribution in [0.4, 0.5) is 0 Å². The van der Waals surface area contributed by atoms with Crippen LogP contribution < -0.4 is 0 Å². The Morgan fingerprint density at radius 1 is 1.12 bits per heavy atom. The van der Waals surface area contributed by atoms with Gasteiger partial charge in [0.1, 0.15) is 0 Å². The third-order valence-electron chi connectivity index (χ3n) is 2.56. The van der Waals surface area contributed by atoms with Crippen LogP contribution in [0.2, 0.25) is 0 Å². The molecule has 0 spiro atoms. The maximum atomic E-state index is 4.03. The highest BCUT2D eigenvalue weighted by atomic mass is 15.5. The van der Waals surface area contributed by atoms with Crippen molar-refractivity contribution in [2.75, 3.05) is 7.05 Å². The van der Waals surface area contributed by atoms with Gasteiger partial charge in [-0.2, -0.15) is 5.10 Å². The molecule has 0 amide bonds. The molecule has 1 aliphatic rings. The fourth-order valence-corrected chi connectivity index (χ4v) is 1.27. The van der Waals surface area contributed by atoms with Crippen LogP contribution in [0.5, 0.6) is 0 Å². The second kappa shape index (κ2) is 14.5. The maximum Gasteiger partial charge on any atom is 0.0489 e. The Morgan fingerprint density at radius 3 is 1.81 bits per heavy atom. The molecular weight excluding hydrogens is 196 g/mol. The highest BCUT2D eigenvalue weighted by Crippen LogP contribution is 2.04. The summed E-state index contributed by atoms with van der Waals surface area (Å²) in [5, 5.41) is 6.00. The van der Waals surface area contributed by atoms with Crippen molar-refractivity contribution in [3.05, 3.63) is 0 Å². The molecule has 0 N–H and O–H groups in total. The largest absolute Gasteiger partial charge is 0.297 e. The number of nitrogens with zero attached hydrogens (tertiary/aromatic N) is 2. The smallest absolute Gasteiger partial charge is 0.0489 e. The van der Waals surface area contributed by atoms with Crippen molar-refractivity contribution >= 4 is 6.21 Å². The maximum absolute atomic E-state index is 4.03. The normalized spacial score (nSPS) is 17.4. The second-order valence-corrected chi connectivity index (χ2v) is 4.02. The molecule has 1 aliphatic heterocycles. The van der Waals surface area contributed by atoms with Gasteiger partial charge in [-0.15, -0.1) is 0 Å². The molecule has 1 unspecified atom stereocenters. The number of unbranched alkanes of at least 4 members (excludes halogenated alkanes) is 4. The third-order valence-corrected chi connectivity index (χ3v) is 2.56. The summed E-state index contributed by atoms with van der Waals surface area (Å²) in [7, 11) is 1.99. The van der Waals surface area contributed by atoms with Gasteiger partial charge >= 0.3 is 0 Å². The molecule has 0 aromatic rings. The van der Waals surface area contributed by atoms with E-state index in [1.54, 1.807) is 0 Å². The lowest BCUT2D eigenvalue weighted by Crippen LogP contribution is -2.17. The molecule has 0 saturated carbocycles. The van der Waals surface area contributed by atoms with Crippen molar-refractivity contribution in [1.29, 1.82) is 0 Å². The molecule has 0 aliphatic carbocycles. The van der Waals surface area contributed by atoms with Gasteiger partial charge in [0.2, 0.25) is 0 Å². The van der Waals surface area contributed by atoms with Crippen molar-refractivity contribution in [2.45, 2.75) is 79.2 Å². The van der Waals surface area contributed by atoms with Crippen molar-refractivity contribution in [2.24, 2.45) is 5.10 Å². The van der Waals surface area contributed by atoms with Gasteiger partial charge in [0.25, 0.3) is 0 Å². The zero-order chi connectivity index (χ0) is 12.8. The molecule has 0 bridgehead atoms. The van der Waals surface area contributed by atoms with Crippen molar-refractivity contribution in [1.82, 2.24) is 5.01 Å². The molecular formula is C14H32N2. The van der Waals surface area contributed by atoms with Gasteiger partial charge in [-0.1, -0.05) is 59.8 Å². The first kappa shape index (κ1) is 17.9. The Balaban J connectivity index is 0. The van der Waals surface area contributed by atoms with Crippen LogP contribution in [0.25, 0.3) is 0 Å². The number of hydrogen-bond donors (Lipinski definition) is 0. The van der Waals surface area contributed by atoms with E-state index in [0.717, 1.165) is 6.42 Å². The third kappa shape index (κ3) is 11.5. The predicted molar refractivity (Wildman–Crippen MR) is 76.1 cm³/mol. The number of rotatable bonds is 4. The van der Waals surface area contributed by atoms with E-state index in [9.17, 15) is 0 Å². The second-order valence-electron chi connectivity index (χ2n) is 4.02. The molecule has 0 saturated heterocycles. The van der Waals surface area contributed by atoms with Gasteiger partial charge in [-0.05, 0) is 6.92 Å². The van der Waals surface area contributed by atoms with Gasteiger partial charge in [0, 0.05) is 25.7 Å². The van der Waals surface area contributed by atoms with E-state index in [1.165, 1.54) is 32.1 Å². The summed E-state index contributed by atoms with van der Waals surface area (Å²) in [5.74, 6) is 0. The summed E-state index contributed by atoms with van der Waals surface area (Å²) in [4.78, 5) is 0. The summed E-state index contributed by atoms with van der Waals surface area (Å²) >= 11 is 0. The Kier molecular flexibility index (Phi) is 16.1. The standard InChI is InChI=1S/C7H16.C5H10N2.C2H6/c1-3-5-7-6-4-2;1-5-3-4-6-7(5)2;1-2/h3-7H2,1-2H3;4-5H,3H2,1-2H3;1-2H3. The highest BCUT2D eigenvalue weighted by molar-refractivity contribution is 5.59. The Labute approximate surface area is 103 Å². The van der Waals surface area contributed by atoms with E-state index in [-0.39, 0.29) is 0 Å². The van der Waals surface area contributed by atoms with Gasteiger partial charge in [0.05, 0.1) is 0 Å². The number of hydrogen-bond acceptors (Lipinski definition) is 2. The van der Waals surface area contributed by atoms with Crippen molar-refractivity contribution in [3.8, 4) is 0 Å². The van der Waals surface area contributed by atoms with Crippen molar-refractivity contribution in [3.63, 3.8) is 0 Å². The quantitative estimate of drug-likeness (QED) is 0.637. The molecule has 2 heteroatoms. The minimum Gasteiger partial charge on any atom is -0.297 e. The Morgan fingerprint density at radius 2 is 1.62 bits per heavy atom. The van der Waals surface area contributed by atoms with Crippen LogP contribution in [0.15, 0.2) is 5.10 Å². The van der Waals surface area contributed by atoms with Gasteiger partial charge in [0.15, 0.2) is 0 Å². The summed E-state index contributed by atoms with van der Waals surface area (Å²) < 4.78 is 0. The molecule has 1 atom stereocenters. The minimum atomic E-state index is 0.625. The van der Waals surface area contributed by atoms with Crippen LogP contribution in [0.3, 0.4) is 0 Å². The van der Waals surface area contributed by atoms with Crippen LogP contribution >= 0.6 is 0 Å². The molecule has 2 nitrogen and oxygen atoms in total. The highest BCUT2D eigenvalue weighted by Gasteiger charge is 2.08. The fourth-order valence-electron chi connectivity index (χ4n) is 1.27. The molecule has 98 valence electrons. The average molecular weight is 228 g/mol. The topological polar surface area (TPSA) is 15.6 Å². The lowest BCUT2D eigenvalue weighted by atomic mass is 10.2. The summed E-state index contributed by atoms with van der Waals surface area (Å²) in [6.07, 6.45) is 10.1. The molecule has 0 fully saturated rings. The van der Waals surface area contributed by atoms with E-state index in [1.807, 2.05) is 32.1 Å². The molecule has 0 aromatic heterocycles. The molecule has 0 aromatic carbocycles. The Bertz CT molecular complexity index is 140. The molecule has 1 heterocycles. The first-order chi connectivity index (χ1) is 7.72. The van der Waals surface area contributed by atoms with E-state index in [2.05, 4.69) is 25.9 Å². The Hall–Kier alpha value is -0.530. The SMILES string of the molecule is CC.CC1CC=NN1C.CCCCCCC. The number of hydrazone groups is 1. The van der Waals surface area contributed by atoms with Crippen LogP contribution in [0, 0.1) is 0 Å². The zero-order valence-corrected chi connectivity index (χ0v) is 12.3. The lowest BCUT2D eigenvalue weighted by molar-refractivity contribution is 0.303. The first-order valence-electron chi connectivity index (χ1n) is 6.97. The molecule has 1 rings (SSSR count).